The summed E-state index contributed by atoms with van der Waals surface area (Å²) in [6.07, 6.45) is 1.77. The highest BCUT2D eigenvalue weighted by atomic mass is 127. The zero-order chi connectivity index (χ0) is 25.4. The number of rotatable bonds is 5. The quantitative estimate of drug-likeness (QED) is 0.181. The van der Waals surface area contributed by atoms with E-state index in [0.717, 1.165) is 25.9 Å². The molecule has 0 atom stereocenters. The molecule has 37 heavy (non-hydrogen) atoms. The number of fused-ring (bicyclic) bond motifs is 2. The molecule has 1 aliphatic rings. The van der Waals surface area contributed by atoms with Gasteiger partial charge in [0.15, 0.2) is 0 Å². The first-order chi connectivity index (χ1) is 18.1. The SMILES string of the molecule is O=C1C(=Cc2nc3ccc(I)cc3c(=O)n2Cc2ccccc2)c2ccccc2N1Cc1ccccc1. The van der Waals surface area contributed by atoms with Crippen molar-refractivity contribution in [1.82, 2.24) is 9.55 Å². The number of benzene rings is 4. The fourth-order valence-electron chi connectivity index (χ4n) is 4.74. The van der Waals surface area contributed by atoms with Crippen LogP contribution in [0.4, 0.5) is 5.69 Å². The van der Waals surface area contributed by atoms with Crippen molar-refractivity contribution in [2.75, 3.05) is 4.90 Å². The van der Waals surface area contributed by atoms with Gasteiger partial charge in [-0.05, 0) is 64.1 Å². The lowest BCUT2D eigenvalue weighted by molar-refractivity contribution is -0.113. The second-order valence-electron chi connectivity index (χ2n) is 8.96. The highest BCUT2D eigenvalue weighted by Gasteiger charge is 2.32. The van der Waals surface area contributed by atoms with Gasteiger partial charge in [0, 0.05) is 9.13 Å². The van der Waals surface area contributed by atoms with Gasteiger partial charge in [-0.25, -0.2) is 4.98 Å². The Labute approximate surface area is 227 Å². The third-order valence-electron chi connectivity index (χ3n) is 6.55. The van der Waals surface area contributed by atoms with Crippen LogP contribution >= 0.6 is 22.6 Å². The van der Waals surface area contributed by atoms with Gasteiger partial charge in [0.1, 0.15) is 5.82 Å². The summed E-state index contributed by atoms with van der Waals surface area (Å²) in [5.74, 6) is 0.357. The molecule has 6 heteroatoms. The standard InChI is InChI=1S/C31H22IN3O2/c32-23-15-16-27-26(17-23)31(37)35(20-22-11-5-2-6-12-22)29(33-27)18-25-24-13-7-8-14-28(24)34(30(25)36)19-21-9-3-1-4-10-21/h1-18H,19-20H2. The van der Waals surface area contributed by atoms with Crippen molar-refractivity contribution < 1.29 is 4.79 Å². The molecule has 0 N–H and O–H groups in total. The van der Waals surface area contributed by atoms with E-state index in [1.807, 2.05) is 103 Å². The molecule has 1 aliphatic heterocycles. The lowest BCUT2D eigenvalue weighted by Crippen LogP contribution is -2.26. The van der Waals surface area contributed by atoms with Crippen LogP contribution in [0.2, 0.25) is 0 Å². The van der Waals surface area contributed by atoms with E-state index in [4.69, 9.17) is 4.98 Å². The lowest BCUT2D eigenvalue weighted by atomic mass is 10.1. The van der Waals surface area contributed by atoms with Gasteiger partial charge in [0.25, 0.3) is 11.5 Å². The molecule has 0 saturated heterocycles. The van der Waals surface area contributed by atoms with E-state index in [0.29, 0.717) is 35.4 Å². The number of anilines is 1. The second kappa shape index (κ2) is 9.78. The van der Waals surface area contributed by atoms with Gasteiger partial charge in [0.2, 0.25) is 0 Å². The van der Waals surface area contributed by atoms with E-state index in [2.05, 4.69) is 22.6 Å². The third kappa shape index (κ3) is 4.49. The largest absolute Gasteiger partial charge is 0.303 e. The number of para-hydroxylation sites is 1. The van der Waals surface area contributed by atoms with Crippen molar-refractivity contribution >= 4 is 56.7 Å². The molecule has 0 saturated carbocycles. The van der Waals surface area contributed by atoms with Gasteiger partial charge in [-0.15, -0.1) is 0 Å². The van der Waals surface area contributed by atoms with E-state index in [1.54, 1.807) is 15.5 Å². The zero-order valence-corrected chi connectivity index (χ0v) is 22.0. The monoisotopic (exact) mass is 595 g/mol. The zero-order valence-electron chi connectivity index (χ0n) is 19.8. The number of hydrogen-bond donors (Lipinski definition) is 0. The molecule has 1 amide bonds. The Balaban J connectivity index is 1.51. The fourth-order valence-corrected chi connectivity index (χ4v) is 5.23. The van der Waals surface area contributed by atoms with E-state index in [9.17, 15) is 9.59 Å². The first-order valence-corrected chi connectivity index (χ1v) is 13.1. The van der Waals surface area contributed by atoms with Gasteiger partial charge >= 0.3 is 0 Å². The topological polar surface area (TPSA) is 55.2 Å². The van der Waals surface area contributed by atoms with E-state index < -0.39 is 0 Å². The molecule has 5 aromatic rings. The molecule has 0 fully saturated rings. The molecule has 0 radical (unpaired) electrons. The maximum Gasteiger partial charge on any atom is 0.261 e. The molecule has 2 heterocycles. The summed E-state index contributed by atoms with van der Waals surface area (Å²) >= 11 is 2.20. The van der Waals surface area contributed by atoms with Crippen molar-refractivity contribution in [3.05, 3.63) is 140 Å². The number of aromatic nitrogens is 2. The summed E-state index contributed by atoms with van der Waals surface area (Å²) in [5.41, 5.74) is 4.75. The van der Waals surface area contributed by atoms with Crippen LogP contribution in [-0.4, -0.2) is 15.5 Å². The molecule has 0 spiro atoms. The Bertz CT molecular complexity index is 1730. The van der Waals surface area contributed by atoms with E-state index in [1.165, 1.54) is 0 Å². The van der Waals surface area contributed by atoms with Crippen molar-refractivity contribution in [3.8, 4) is 0 Å². The van der Waals surface area contributed by atoms with Crippen molar-refractivity contribution in [2.24, 2.45) is 0 Å². The van der Waals surface area contributed by atoms with Crippen LogP contribution in [0.25, 0.3) is 22.6 Å². The minimum atomic E-state index is -0.126. The highest BCUT2D eigenvalue weighted by Crippen LogP contribution is 2.38. The predicted molar refractivity (Wildman–Crippen MR) is 156 cm³/mol. The first kappa shape index (κ1) is 23.4. The van der Waals surface area contributed by atoms with Crippen LogP contribution in [0, 0.1) is 3.57 Å². The first-order valence-electron chi connectivity index (χ1n) is 12.0. The minimum absolute atomic E-state index is 0.103. The van der Waals surface area contributed by atoms with Gasteiger partial charge in [0.05, 0.1) is 35.3 Å². The van der Waals surface area contributed by atoms with Crippen LogP contribution in [0.5, 0.6) is 0 Å². The van der Waals surface area contributed by atoms with Crippen LogP contribution in [0.1, 0.15) is 22.5 Å². The molecule has 6 rings (SSSR count). The molecule has 1 aromatic heterocycles. The van der Waals surface area contributed by atoms with E-state index in [-0.39, 0.29) is 11.5 Å². The fraction of sp³-hybridized carbons (Fsp3) is 0.0645. The normalized spacial score (nSPS) is 13.9. The summed E-state index contributed by atoms with van der Waals surface area (Å²) in [6, 6.07) is 33.2. The minimum Gasteiger partial charge on any atom is -0.303 e. The van der Waals surface area contributed by atoms with Crippen LogP contribution in [0.15, 0.2) is 108 Å². The molecule has 0 bridgehead atoms. The van der Waals surface area contributed by atoms with E-state index >= 15 is 0 Å². The number of nitrogens with zero attached hydrogens (tertiary/aromatic N) is 3. The molecular formula is C31H22IN3O2. The lowest BCUT2D eigenvalue weighted by Gasteiger charge is -2.17. The summed E-state index contributed by atoms with van der Waals surface area (Å²) < 4.78 is 2.63. The summed E-state index contributed by atoms with van der Waals surface area (Å²) in [6.45, 7) is 0.825. The Kier molecular flexibility index (Phi) is 6.18. The Hall–Kier alpha value is -4.04. The summed E-state index contributed by atoms with van der Waals surface area (Å²) in [4.78, 5) is 34.1. The molecule has 5 nitrogen and oxygen atoms in total. The molecule has 0 aliphatic carbocycles. The second-order valence-corrected chi connectivity index (χ2v) is 10.2. The Morgan fingerprint density at radius 3 is 2.14 bits per heavy atom. The number of halogens is 1. The molecule has 4 aromatic carbocycles. The highest BCUT2D eigenvalue weighted by molar-refractivity contribution is 14.1. The van der Waals surface area contributed by atoms with Crippen molar-refractivity contribution in [3.63, 3.8) is 0 Å². The maximum absolute atomic E-state index is 13.8. The van der Waals surface area contributed by atoms with Crippen LogP contribution in [0.3, 0.4) is 0 Å². The number of amides is 1. The number of carbonyl (C=O) groups is 1. The van der Waals surface area contributed by atoms with Crippen molar-refractivity contribution in [1.29, 1.82) is 0 Å². The molecular weight excluding hydrogens is 573 g/mol. The number of carbonyl (C=O) groups excluding carboxylic acids is 1. The summed E-state index contributed by atoms with van der Waals surface area (Å²) in [7, 11) is 0. The number of hydrogen-bond acceptors (Lipinski definition) is 3. The smallest absolute Gasteiger partial charge is 0.261 e. The van der Waals surface area contributed by atoms with Crippen molar-refractivity contribution in [2.45, 2.75) is 13.1 Å². The summed E-state index contributed by atoms with van der Waals surface area (Å²) in [5, 5.41) is 0.564. The Morgan fingerprint density at radius 2 is 1.41 bits per heavy atom. The average Bonchev–Trinajstić information content (AvgIpc) is 3.18. The van der Waals surface area contributed by atoms with Gasteiger partial charge < -0.3 is 4.90 Å². The maximum atomic E-state index is 13.8. The van der Waals surface area contributed by atoms with Gasteiger partial charge in [-0.2, -0.15) is 0 Å². The predicted octanol–water partition coefficient (Wildman–Crippen LogP) is 6.14. The van der Waals surface area contributed by atoms with Crippen LogP contribution in [-0.2, 0) is 17.9 Å². The third-order valence-corrected chi connectivity index (χ3v) is 7.22. The van der Waals surface area contributed by atoms with Gasteiger partial charge in [-0.1, -0.05) is 78.9 Å². The molecule has 0 unspecified atom stereocenters. The molecule has 180 valence electrons. The average molecular weight is 595 g/mol. The van der Waals surface area contributed by atoms with Gasteiger partial charge in [-0.3, -0.25) is 14.2 Å². The Morgan fingerprint density at radius 1 is 0.757 bits per heavy atom. The van der Waals surface area contributed by atoms with Crippen LogP contribution < -0.4 is 10.5 Å².